The zero-order valence-corrected chi connectivity index (χ0v) is 14.2. The van der Waals surface area contributed by atoms with Crippen LogP contribution in [0.5, 0.6) is 5.75 Å². The van der Waals surface area contributed by atoms with Gasteiger partial charge in [0, 0.05) is 30.1 Å². The number of hydrogen-bond donors (Lipinski definition) is 1. The largest absolute Gasteiger partial charge is 0.495 e. The van der Waals surface area contributed by atoms with Gasteiger partial charge in [0.05, 0.1) is 7.11 Å². The molecule has 1 aromatic rings. The first-order chi connectivity index (χ1) is 9.91. The summed E-state index contributed by atoms with van der Waals surface area (Å²) in [5.41, 5.74) is 6.41. The Kier molecular flexibility index (Phi) is 5.19. The molecule has 7 heteroatoms. The highest BCUT2D eigenvalue weighted by atomic mass is 32.2. The summed E-state index contributed by atoms with van der Waals surface area (Å²) in [6.45, 7) is 4.83. The van der Waals surface area contributed by atoms with Crippen LogP contribution < -0.4 is 10.5 Å². The SMILES string of the molecule is COc1ccc(CN)cc1S(=O)(=O)N1CCSC(C)C1C. The lowest BCUT2D eigenvalue weighted by molar-refractivity contribution is 0.336. The van der Waals surface area contributed by atoms with Crippen LogP contribution in [0.4, 0.5) is 0 Å². The lowest BCUT2D eigenvalue weighted by atomic mass is 10.2. The van der Waals surface area contributed by atoms with Crippen molar-refractivity contribution in [3.63, 3.8) is 0 Å². The van der Waals surface area contributed by atoms with Crippen molar-refractivity contribution in [3.8, 4) is 5.75 Å². The highest BCUT2D eigenvalue weighted by Gasteiger charge is 2.36. The first-order valence-electron chi connectivity index (χ1n) is 6.92. The lowest BCUT2D eigenvalue weighted by Crippen LogP contribution is -2.47. The summed E-state index contributed by atoms with van der Waals surface area (Å²) in [5, 5.41) is 0.275. The monoisotopic (exact) mass is 330 g/mol. The Morgan fingerprint density at radius 3 is 2.76 bits per heavy atom. The van der Waals surface area contributed by atoms with Crippen LogP contribution in [0.2, 0.25) is 0 Å². The number of nitrogens with two attached hydrogens (primary N) is 1. The molecule has 1 heterocycles. The summed E-state index contributed by atoms with van der Waals surface area (Å²) in [6.07, 6.45) is 0. The quantitative estimate of drug-likeness (QED) is 0.909. The van der Waals surface area contributed by atoms with Crippen molar-refractivity contribution in [2.24, 2.45) is 5.73 Å². The molecule has 5 nitrogen and oxygen atoms in total. The van der Waals surface area contributed by atoms with Crippen LogP contribution in [0.3, 0.4) is 0 Å². The summed E-state index contributed by atoms with van der Waals surface area (Å²) in [6, 6.07) is 5.03. The average molecular weight is 330 g/mol. The molecule has 1 saturated heterocycles. The van der Waals surface area contributed by atoms with Gasteiger partial charge in [-0.1, -0.05) is 13.0 Å². The highest BCUT2D eigenvalue weighted by molar-refractivity contribution is 8.00. The smallest absolute Gasteiger partial charge is 0.247 e. The Balaban J connectivity index is 2.47. The molecular weight excluding hydrogens is 308 g/mol. The third-order valence-electron chi connectivity index (χ3n) is 3.88. The highest BCUT2D eigenvalue weighted by Crippen LogP contribution is 2.33. The standard InChI is InChI=1S/C14H22N2O3S2/c1-10-11(2)20-7-6-16(10)21(17,18)14-8-12(9-15)4-5-13(14)19-3/h4-5,8,10-11H,6-7,9,15H2,1-3H3. The number of benzene rings is 1. The second-order valence-electron chi connectivity index (χ2n) is 5.12. The number of hydrogen-bond acceptors (Lipinski definition) is 5. The fourth-order valence-corrected chi connectivity index (χ4v) is 5.62. The molecule has 1 fully saturated rings. The Hall–Kier alpha value is -0.760. The van der Waals surface area contributed by atoms with Crippen molar-refractivity contribution < 1.29 is 13.2 Å². The molecule has 2 atom stereocenters. The molecule has 0 aliphatic carbocycles. The van der Waals surface area contributed by atoms with Crippen molar-refractivity contribution in [2.75, 3.05) is 19.4 Å². The Morgan fingerprint density at radius 2 is 2.14 bits per heavy atom. The summed E-state index contributed by atoms with van der Waals surface area (Å²) >= 11 is 1.80. The van der Waals surface area contributed by atoms with Gasteiger partial charge in [-0.15, -0.1) is 0 Å². The maximum Gasteiger partial charge on any atom is 0.247 e. The van der Waals surface area contributed by atoms with Gasteiger partial charge >= 0.3 is 0 Å². The third kappa shape index (κ3) is 3.21. The number of sulfonamides is 1. The van der Waals surface area contributed by atoms with Crippen molar-refractivity contribution in [1.29, 1.82) is 0 Å². The van der Waals surface area contributed by atoms with E-state index in [2.05, 4.69) is 6.92 Å². The van der Waals surface area contributed by atoms with Gasteiger partial charge in [-0.3, -0.25) is 0 Å². The molecule has 0 aromatic heterocycles. The molecule has 0 spiro atoms. The van der Waals surface area contributed by atoms with Gasteiger partial charge in [-0.2, -0.15) is 16.1 Å². The van der Waals surface area contributed by atoms with Gasteiger partial charge in [-0.05, 0) is 24.6 Å². The Bertz CT molecular complexity index is 604. The van der Waals surface area contributed by atoms with Gasteiger partial charge in [0.1, 0.15) is 10.6 Å². The minimum atomic E-state index is -3.58. The summed E-state index contributed by atoms with van der Waals surface area (Å²) < 4.78 is 32.8. The molecule has 0 bridgehead atoms. The molecule has 118 valence electrons. The molecule has 2 N–H and O–H groups in total. The summed E-state index contributed by atoms with van der Waals surface area (Å²) in [4.78, 5) is 0.207. The molecular formula is C14H22N2O3S2. The topological polar surface area (TPSA) is 72.6 Å². The first kappa shape index (κ1) is 16.6. The van der Waals surface area contributed by atoms with Crippen LogP contribution >= 0.6 is 11.8 Å². The van der Waals surface area contributed by atoms with E-state index < -0.39 is 10.0 Å². The van der Waals surface area contributed by atoms with E-state index in [-0.39, 0.29) is 16.2 Å². The number of rotatable bonds is 4. The summed E-state index contributed by atoms with van der Waals surface area (Å²) in [7, 11) is -2.10. The Labute approximate surface area is 130 Å². The first-order valence-corrected chi connectivity index (χ1v) is 9.41. The second-order valence-corrected chi connectivity index (χ2v) is 8.47. The van der Waals surface area contributed by atoms with Crippen LogP contribution in [0.1, 0.15) is 19.4 Å². The predicted molar refractivity (Wildman–Crippen MR) is 86.2 cm³/mol. The molecule has 1 aliphatic heterocycles. The summed E-state index contributed by atoms with van der Waals surface area (Å²) in [5.74, 6) is 1.18. The van der Waals surface area contributed by atoms with E-state index in [9.17, 15) is 8.42 Å². The van der Waals surface area contributed by atoms with Gasteiger partial charge in [0.2, 0.25) is 10.0 Å². The molecule has 2 unspecified atom stereocenters. The number of thioether (sulfide) groups is 1. The second kappa shape index (κ2) is 6.56. The van der Waals surface area contributed by atoms with E-state index in [1.54, 1.807) is 34.3 Å². The van der Waals surface area contributed by atoms with E-state index in [0.29, 0.717) is 18.8 Å². The minimum absolute atomic E-state index is 0.0417. The van der Waals surface area contributed by atoms with Gasteiger partial charge in [-0.25, -0.2) is 8.42 Å². The van der Waals surface area contributed by atoms with E-state index in [0.717, 1.165) is 11.3 Å². The van der Waals surface area contributed by atoms with Gasteiger partial charge in [0.15, 0.2) is 0 Å². The van der Waals surface area contributed by atoms with Gasteiger partial charge in [0.25, 0.3) is 0 Å². The van der Waals surface area contributed by atoms with Crippen molar-refractivity contribution in [3.05, 3.63) is 23.8 Å². The van der Waals surface area contributed by atoms with E-state index in [1.807, 2.05) is 6.92 Å². The van der Waals surface area contributed by atoms with Crippen LogP contribution in [0.15, 0.2) is 23.1 Å². The van der Waals surface area contributed by atoms with Crippen molar-refractivity contribution in [2.45, 2.75) is 36.6 Å². The predicted octanol–water partition coefficient (Wildman–Crippen LogP) is 1.67. The fraction of sp³-hybridized carbons (Fsp3) is 0.571. The normalized spacial score (nSPS) is 24.0. The molecule has 21 heavy (non-hydrogen) atoms. The molecule has 1 aromatic carbocycles. The number of methoxy groups -OCH3 is 1. The Morgan fingerprint density at radius 1 is 1.43 bits per heavy atom. The van der Waals surface area contributed by atoms with Crippen LogP contribution in [-0.2, 0) is 16.6 Å². The molecule has 2 rings (SSSR count). The number of ether oxygens (including phenoxy) is 1. The fourth-order valence-electron chi connectivity index (χ4n) is 2.42. The van der Waals surface area contributed by atoms with Crippen molar-refractivity contribution >= 4 is 21.8 Å². The zero-order valence-electron chi connectivity index (χ0n) is 12.6. The molecule has 0 saturated carbocycles. The van der Waals surface area contributed by atoms with Crippen LogP contribution in [0, 0.1) is 0 Å². The third-order valence-corrected chi connectivity index (χ3v) is 7.22. The lowest BCUT2D eigenvalue weighted by Gasteiger charge is -2.36. The molecule has 1 aliphatic rings. The number of nitrogens with zero attached hydrogens (tertiary/aromatic N) is 1. The zero-order chi connectivity index (χ0) is 15.6. The minimum Gasteiger partial charge on any atom is -0.495 e. The maximum absolute atomic E-state index is 13.0. The average Bonchev–Trinajstić information content (AvgIpc) is 2.49. The molecule has 0 amide bonds. The van der Waals surface area contributed by atoms with Crippen LogP contribution in [-0.4, -0.2) is 43.4 Å². The molecule has 0 radical (unpaired) electrons. The van der Waals surface area contributed by atoms with Crippen LogP contribution in [0.25, 0.3) is 0 Å². The van der Waals surface area contributed by atoms with Gasteiger partial charge < -0.3 is 10.5 Å². The maximum atomic E-state index is 13.0. The van der Waals surface area contributed by atoms with Crippen molar-refractivity contribution in [1.82, 2.24) is 4.31 Å². The van der Waals surface area contributed by atoms with E-state index in [1.165, 1.54) is 7.11 Å². The van der Waals surface area contributed by atoms with E-state index in [4.69, 9.17) is 10.5 Å². The van der Waals surface area contributed by atoms with E-state index >= 15 is 0 Å².